The van der Waals surface area contributed by atoms with E-state index in [2.05, 4.69) is 14.7 Å². The summed E-state index contributed by atoms with van der Waals surface area (Å²) in [6.07, 6.45) is 7.02. The van der Waals surface area contributed by atoms with E-state index < -0.39 is 5.91 Å². The van der Waals surface area contributed by atoms with Crippen molar-refractivity contribution < 1.29 is 14.3 Å². The molecule has 39 heavy (non-hydrogen) atoms. The SMILES string of the molecule is N=C1C(=Cc2cn(CCOc3ccccc3)c3ccccc23)C(=O)N=C2SC(CC(=O)N3CCCCC3)=NN12. The zero-order chi connectivity index (χ0) is 26.8. The fourth-order valence-corrected chi connectivity index (χ4v) is 5.87. The van der Waals surface area contributed by atoms with Crippen LogP contribution in [0.15, 0.2) is 76.5 Å². The van der Waals surface area contributed by atoms with E-state index in [-0.39, 0.29) is 23.7 Å². The molecule has 0 radical (unpaired) electrons. The number of aliphatic imine (C=N–C) groups is 1. The van der Waals surface area contributed by atoms with Crippen LogP contribution in [0, 0.1) is 5.41 Å². The van der Waals surface area contributed by atoms with Gasteiger partial charge in [0.15, 0.2) is 5.84 Å². The normalized spacial score (nSPS) is 18.4. The molecule has 6 rings (SSSR count). The third-order valence-electron chi connectivity index (χ3n) is 6.97. The minimum atomic E-state index is -0.484. The number of aromatic nitrogens is 1. The van der Waals surface area contributed by atoms with Crippen LogP contribution in [-0.2, 0) is 16.1 Å². The van der Waals surface area contributed by atoms with E-state index >= 15 is 0 Å². The highest BCUT2D eigenvalue weighted by Gasteiger charge is 2.36. The molecule has 198 valence electrons. The highest BCUT2D eigenvalue weighted by molar-refractivity contribution is 8.27. The van der Waals surface area contributed by atoms with Gasteiger partial charge in [-0.15, -0.1) is 0 Å². The van der Waals surface area contributed by atoms with Crippen LogP contribution in [0.5, 0.6) is 5.75 Å². The molecule has 0 unspecified atom stereocenters. The van der Waals surface area contributed by atoms with E-state index in [0.29, 0.717) is 23.4 Å². The number of piperidine rings is 1. The van der Waals surface area contributed by atoms with Crippen LogP contribution in [-0.4, -0.2) is 62.0 Å². The Labute approximate surface area is 230 Å². The predicted octanol–water partition coefficient (Wildman–Crippen LogP) is 4.74. The number of likely N-dealkylation sites (tertiary alicyclic amines) is 1. The van der Waals surface area contributed by atoms with Gasteiger partial charge in [-0.05, 0) is 55.3 Å². The van der Waals surface area contributed by atoms with Gasteiger partial charge in [0, 0.05) is 35.8 Å². The molecule has 1 aromatic heterocycles. The lowest BCUT2D eigenvalue weighted by molar-refractivity contribution is -0.130. The summed E-state index contributed by atoms with van der Waals surface area (Å²) < 4.78 is 7.97. The van der Waals surface area contributed by atoms with E-state index in [4.69, 9.17) is 10.1 Å². The van der Waals surface area contributed by atoms with Gasteiger partial charge in [0.2, 0.25) is 11.1 Å². The second-order valence-electron chi connectivity index (χ2n) is 9.59. The second kappa shape index (κ2) is 10.9. The maximum atomic E-state index is 13.0. The first-order chi connectivity index (χ1) is 19.1. The van der Waals surface area contributed by atoms with Crippen molar-refractivity contribution in [2.24, 2.45) is 10.1 Å². The van der Waals surface area contributed by atoms with Crippen LogP contribution in [0.2, 0.25) is 0 Å². The maximum absolute atomic E-state index is 13.0. The molecule has 0 bridgehead atoms. The molecule has 4 heterocycles. The number of ether oxygens (including phenoxy) is 1. The van der Waals surface area contributed by atoms with Gasteiger partial charge in [-0.1, -0.05) is 36.4 Å². The van der Waals surface area contributed by atoms with Crippen molar-refractivity contribution in [3.63, 3.8) is 0 Å². The second-order valence-corrected chi connectivity index (χ2v) is 10.6. The molecule has 0 atom stereocenters. The molecule has 10 heteroatoms. The first kappa shape index (κ1) is 25.1. The number of carbonyl (C=O) groups excluding carboxylic acids is 2. The number of nitrogens with zero attached hydrogens (tertiary/aromatic N) is 5. The van der Waals surface area contributed by atoms with E-state index in [1.54, 1.807) is 6.08 Å². The molecule has 0 aliphatic carbocycles. The van der Waals surface area contributed by atoms with Crippen LogP contribution >= 0.6 is 11.8 Å². The van der Waals surface area contributed by atoms with Crippen LogP contribution in [0.1, 0.15) is 31.2 Å². The van der Waals surface area contributed by atoms with Gasteiger partial charge in [-0.3, -0.25) is 15.0 Å². The van der Waals surface area contributed by atoms with Crippen molar-refractivity contribution in [1.82, 2.24) is 14.5 Å². The third kappa shape index (κ3) is 5.24. The Bertz CT molecular complexity index is 1530. The highest BCUT2D eigenvalue weighted by atomic mass is 32.2. The highest BCUT2D eigenvalue weighted by Crippen LogP contribution is 2.31. The maximum Gasteiger partial charge on any atom is 0.283 e. The quantitative estimate of drug-likeness (QED) is 0.436. The third-order valence-corrected chi connectivity index (χ3v) is 7.88. The number of carbonyl (C=O) groups is 2. The van der Waals surface area contributed by atoms with E-state index in [9.17, 15) is 9.59 Å². The van der Waals surface area contributed by atoms with Crippen molar-refractivity contribution in [2.45, 2.75) is 32.2 Å². The number of hydrogen-bond donors (Lipinski definition) is 1. The summed E-state index contributed by atoms with van der Waals surface area (Å²) in [5.74, 6) is 0.315. The fourth-order valence-electron chi connectivity index (χ4n) is 5.00. The summed E-state index contributed by atoms with van der Waals surface area (Å²) in [5.41, 5.74) is 1.98. The molecule has 3 aromatic rings. The molecule has 9 nitrogen and oxygen atoms in total. The van der Waals surface area contributed by atoms with Gasteiger partial charge in [0.05, 0.1) is 18.5 Å². The Balaban J connectivity index is 1.21. The molecule has 1 fully saturated rings. The average Bonchev–Trinajstić information content (AvgIpc) is 3.53. The number of amides is 2. The fraction of sp³-hybridized carbons (Fsp3) is 0.276. The number of benzene rings is 2. The van der Waals surface area contributed by atoms with Gasteiger partial charge in [-0.25, -0.2) is 0 Å². The van der Waals surface area contributed by atoms with Crippen LogP contribution < -0.4 is 4.74 Å². The number of fused-ring (bicyclic) bond motifs is 2. The van der Waals surface area contributed by atoms with Gasteiger partial charge < -0.3 is 14.2 Å². The molecule has 2 aromatic carbocycles. The number of rotatable bonds is 7. The summed E-state index contributed by atoms with van der Waals surface area (Å²) in [6, 6.07) is 17.6. The summed E-state index contributed by atoms with van der Waals surface area (Å²) in [7, 11) is 0. The van der Waals surface area contributed by atoms with E-state index in [0.717, 1.165) is 54.6 Å². The average molecular weight is 541 g/mol. The van der Waals surface area contributed by atoms with Gasteiger partial charge >= 0.3 is 0 Å². The Hall–Kier alpha value is -4.18. The lowest BCUT2D eigenvalue weighted by atomic mass is 10.1. The Morgan fingerprint density at radius 2 is 1.82 bits per heavy atom. The Morgan fingerprint density at radius 3 is 2.64 bits per heavy atom. The zero-order valence-electron chi connectivity index (χ0n) is 21.4. The van der Waals surface area contributed by atoms with E-state index in [1.807, 2.05) is 65.7 Å². The molecule has 0 spiro atoms. The van der Waals surface area contributed by atoms with Crippen molar-refractivity contribution >= 4 is 56.6 Å². The monoisotopic (exact) mass is 540 g/mol. The summed E-state index contributed by atoms with van der Waals surface area (Å²) >= 11 is 1.19. The van der Waals surface area contributed by atoms with Crippen molar-refractivity contribution in [3.8, 4) is 5.75 Å². The molecule has 1 N–H and O–H groups in total. The number of para-hydroxylation sites is 2. The minimum Gasteiger partial charge on any atom is -0.492 e. The lowest BCUT2D eigenvalue weighted by Gasteiger charge is -2.26. The van der Waals surface area contributed by atoms with E-state index in [1.165, 1.54) is 16.8 Å². The summed E-state index contributed by atoms with van der Waals surface area (Å²) in [4.78, 5) is 31.8. The van der Waals surface area contributed by atoms with Gasteiger partial charge in [0.25, 0.3) is 5.91 Å². The molecule has 3 aliphatic rings. The molecular weight excluding hydrogens is 512 g/mol. The number of nitrogens with one attached hydrogen (secondary N) is 1. The van der Waals surface area contributed by atoms with Crippen LogP contribution in [0.4, 0.5) is 0 Å². The lowest BCUT2D eigenvalue weighted by Crippen LogP contribution is -2.36. The molecular formula is C29H28N6O3S. The summed E-state index contributed by atoms with van der Waals surface area (Å²) in [5, 5.41) is 16.4. The summed E-state index contributed by atoms with van der Waals surface area (Å²) in [6.45, 7) is 2.65. The minimum absolute atomic E-state index is 0.0269. The molecule has 1 saturated heterocycles. The first-order valence-corrected chi connectivity index (χ1v) is 13.9. The largest absolute Gasteiger partial charge is 0.492 e. The molecule has 3 aliphatic heterocycles. The predicted molar refractivity (Wildman–Crippen MR) is 154 cm³/mol. The Morgan fingerprint density at radius 1 is 1.05 bits per heavy atom. The van der Waals surface area contributed by atoms with Gasteiger partial charge in [-0.2, -0.15) is 15.1 Å². The number of thioether (sulfide) groups is 1. The number of hydrogen-bond acceptors (Lipinski definition) is 6. The van der Waals surface area contributed by atoms with Crippen molar-refractivity contribution in [3.05, 3.63) is 71.9 Å². The molecule has 2 amide bonds. The van der Waals surface area contributed by atoms with Crippen molar-refractivity contribution in [2.75, 3.05) is 19.7 Å². The van der Waals surface area contributed by atoms with Gasteiger partial charge in [0.1, 0.15) is 17.4 Å². The number of amidine groups is 2. The first-order valence-electron chi connectivity index (χ1n) is 13.1. The topological polar surface area (TPSA) is 103 Å². The number of hydrazone groups is 1. The standard InChI is InChI=1S/C29H28N6O3S/c30-27-23(28(37)31-29-35(27)32-25(39-29)18-26(36)33-13-7-2-8-14-33)17-20-19-34(24-12-6-5-11-22(20)24)15-16-38-21-9-3-1-4-10-21/h1,3-6,9-12,17,19,30H,2,7-8,13-16,18H2. The van der Waals surface area contributed by atoms with Crippen LogP contribution in [0.3, 0.4) is 0 Å². The molecule has 0 saturated carbocycles. The Kier molecular flexibility index (Phi) is 7.02. The van der Waals surface area contributed by atoms with Crippen molar-refractivity contribution in [1.29, 1.82) is 5.41 Å². The smallest absolute Gasteiger partial charge is 0.283 e. The zero-order valence-corrected chi connectivity index (χ0v) is 22.2. The van der Waals surface area contributed by atoms with Crippen LogP contribution in [0.25, 0.3) is 17.0 Å².